The van der Waals surface area contributed by atoms with Crippen molar-refractivity contribution >= 4 is 27.5 Å². The van der Waals surface area contributed by atoms with Gasteiger partial charge in [-0.2, -0.15) is 0 Å². The Morgan fingerprint density at radius 1 is 1.08 bits per heavy atom. The van der Waals surface area contributed by atoms with Crippen molar-refractivity contribution in [3.8, 4) is 5.75 Å². The van der Waals surface area contributed by atoms with Gasteiger partial charge in [-0.3, -0.25) is 13.9 Å². The molecule has 36 heavy (non-hydrogen) atoms. The van der Waals surface area contributed by atoms with Crippen LogP contribution in [-0.2, 0) is 26.2 Å². The van der Waals surface area contributed by atoms with Gasteiger partial charge in [0, 0.05) is 31.1 Å². The van der Waals surface area contributed by atoms with E-state index in [1.54, 1.807) is 49.4 Å². The quantitative estimate of drug-likeness (QED) is 0.434. The number of sulfonamides is 1. The molecule has 198 valence electrons. The average Bonchev–Trinajstić information content (AvgIpc) is 2.84. The highest BCUT2D eigenvalue weighted by molar-refractivity contribution is 7.92. The smallest absolute Gasteiger partial charge is 0.242 e. The molecule has 0 fully saturated rings. The summed E-state index contributed by atoms with van der Waals surface area (Å²) < 4.78 is 45.5. The van der Waals surface area contributed by atoms with Gasteiger partial charge in [0.2, 0.25) is 21.8 Å². The molecule has 8 nitrogen and oxygen atoms in total. The molecule has 2 atom stereocenters. The zero-order valence-corrected chi connectivity index (χ0v) is 22.3. The molecule has 0 saturated heterocycles. The predicted octanol–water partition coefficient (Wildman–Crippen LogP) is 3.71. The van der Waals surface area contributed by atoms with Gasteiger partial charge in [0.1, 0.15) is 17.6 Å². The summed E-state index contributed by atoms with van der Waals surface area (Å²) >= 11 is 0. The van der Waals surface area contributed by atoms with Crippen molar-refractivity contribution in [3.05, 3.63) is 59.9 Å². The van der Waals surface area contributed by atoms with Gasteiger partial charge >= 0.3 is 0 Å². The minimum atomic E-state index is -3.60. The van der Waals surface area contributed by atoms with Crippen LogP contribution in [0.25, 0.3) is 0 Å². The molecule has 10 heteroatoms. The molecule has 2 aromatic rings. The van der Waals surface area contributed by atoms with Crippen LogP contribution in [0.15, 0.2) is 48.5 Å². The van der Waals surface area contributed by atoms with E-state index in [-0.39, 0.29) is 43.8 Å². The molecular formula is C26H36FN3O5S. The maximum Gasteiger partial charge on any atom is 0.242 e. The summed E-state index contributed by atoms with van der Waals surface area (Å²) in [6.07, 6.45) is 2.03. The first-order valence-electron chi connectivity index (χ1n) is 11.9. The van der Waals surface area contributed by atoms with Crippen LogP contribution in [0, 0.1) is 5.82 Å². The van der Waals surface area contributed by atoms with Crippen molar-refractivity contribution in [3.63, 3.8) is 0 Å². The van der Waals surface area contributed by atoms with Gasteiger partial charge in [0.15, 0.2) is 0 Å². The Labute approximate surface area is 213 Å². The zero-order valence-electron chi connectivity index (χ0n) is 21.5. The third-order valence-electron chi connectivity index (χ3n) is 5.98. The Kier molecular flexibility index (Phi) is 10.7. The molecule has 0 spiro atoms. The lowest BCUT2D eigenvalue weighted by molar-refractivity contribution is -0.141. The number of ether oxygens (including phenoxy) is 1. The van der Waals surface area contributed by atoms with E-state index in [1.165, 1.54) is 22.4 Å². The highest BCUT2D eigenvalue weighted by Crippen LogP contribution is 2.22. The lowest BCUT2D eigenvalue weighted by atomic mass is 10.1. The van der Waals surface area contributed by atoms with E-state index in [0.717, 1.165) is 12.7 Å². The summed E-state index contributed by atoms with van der Waals surface area (Å²) in [5, 5.41) is 2.87. The molecule has 0 aromatic heterocycles. The molecule has 2 rings (SSSR count). The topological polar surface area (TPSA) is 96.0 Å². The van der Waals surface area contributed by atoms with Crippen molar-refractivity contribution in [1.82, 2.24) is 10.2 Å². The summed E-state index contributed by atoms with van der Waals surface area (Å²) in [5.41, 5.74) is 0.750. The summed E-state index contributed by atoms with van der Waals surface area (Å²) in [7, 11) is -2.08. The number of benzene rings is 2. The van der Waals surface area contributed by atoms with E-state index in [4.69, 9.17) is 4.74 Å². The summed E-state index contributed by atoms with van der Waals surface area (Å²) in [4.78, 5) is 27.4. The summed E-state index contributed by atoms with van der Waals surface area (Å²) in [5.74, 6) is -0.568. The van der Waals surface area contributed by atoms with Gasteiger partial charge in [-0.1, -0.05) is 25.1 Å². The second-order valence-corrected chi connectivity index (χ2v) is 10.7. The SMILES string of the molecule is CC[C@H](C)NC(=O)[C@H](C)N(Cc1ccccc1F)C(=O)CCCN(c1ccc(OC)cc1)S(C)(=O)=O. The minimum absolute atomic E-state index is 0.0163. The number of carbonyl (C=O) groups is 2. The molecule has 0 aliphatic rings. The molecule has 2 aromatic carbocycles. The molecule has 0 bridgehead atoms. The normalized spacial score (nSPS) is 12.9. The van der Waals surface area contributed by atoms with Crippen molar-refractivity contribution in [2.45, 2.75) is 58.7 Å². The largest absolute Gasteiger partial charge is 0.497 e. The van der Waals surface area contributed by atoms with Gasteiger partial charge in [-0.15, -0.1) is 0 Å². The van der Waals surface area contributed by atoms with Gasteiger partial charge < -0.3 is 15.0 Å². The van der Waals surface area contributed by atoms with E-state index in [1.807, 2.05) is 13.8 Å². The van der Waals surface area contributed by atoms with Crippen LogP contribution in [0.4, 0.5) is 10.1 Å². The number of carbonyl (C=O) groups excluding carboxylic acids is 2. The van der Waals surface area contributed by atoms with Crippen LogP contribution >= 0.6 is 0 Å². The fourth-order valence-electron chi connectivity index (χ4n) is 3.61. The highest BCUT2D eigenvalue weighted by Gasteiger charge is 2.28. The third kappa shape index (κ3) is 8.22. The fourth-order valence-corrected chi connectivity index (χ4v) is 4.58. The zero-order chi connectivity index (χ0) is 26.9. The van der Waals surface area contributed by atoms with E-state index in [0.29, 0.717) is 17.0 Å². The van der Waals surface area contributed by atoms with Crippen molar-refractivity contribution in [2.75, 3.05) is 24.2 Å². The fraction of sp³-hybridized carbons (Fsp3) is 0.462. The molecule has 0 saturated carbocycles. The Bertz CT molecular complexity index is 1120. The molecule has 0 unspecified atom stereocenters. The first kappa shape index (κ1) is 29.1. The van der Waals surface area contributed by atoms with Crippen LogP contribution in [0.1, 0.15) is 45.6 Å². The summed E-state index contributed by atoms with van der Waals surface area (Å²) in [6, 6.07) is 11.8. The average molecular weight is 522 g/mol. The van der Waals surface area contributed by atoms with E-state index < -0.39 is 21.9 Å². The van der Waals surface area contributed by atoms with Crippen molar-refractivity contribution in [1.29, 1.82) is 0 Å². The molecule has 0 radical (unpaired) electrons. The van der Waals surface area contributed by atoms with Crippen molar-refractivity contribution in [2.24, 2.45) is 0 Å². The van der Waals surface area contributed by atoms with Gasteiger partial charge in [0.05, 0.1) is 19.1 Å². The van der Waals surface area contributed by atoms with E-state index in [2.05, 4.69) is 5.32 Å². The van der Waals surface area contributed by atoms with Gasteiger partial charge in [-0.25, -0.2) is 12.8 Å². The molecule has 0 aliphatic heterocycles. The third-order valence-corrected chi connectivity index (χ3v) is 7.17. The second-order valence-electron chi connectivity index (χ2n) is 8.74. The number of methoxy groups -OCH3 is 1. The minimum Gasteiger partial charge on any atom is -0.497 e. The number of nitrogens with one attached hydrogen (secondary N) is 1. The van der Waals surface area contributed by atoms with Gasteiger partial charge in [-0.05, 0) is 57.0 Å². The molecule has 2 amide bonds. The first-order valence-corrected chi connectivity index (χ1v) is 13.8. The molecular weight excluding hydrogens is 485 g/mol. The predicted molar refractivity (Wildman–Crippen MR) is 139 cm³/mol. The van der Waals surface area contributed by atoms with Crippen LogP contribution in [0.5, 0.6) is 5.75 Å². The highest BCUT2D eigenvalue weighted by atomic mass is 32.2. The number of hydrogen-bond acceptors (Lipinski definition) is 5. The summed E-state index contributed by atoms with van der Waals surface area (Å²) in [6.45, 7) is 5.41. The first-order chi connectivity index (χ1) is 17.0. The van der Waals surface area contributed by atoms with E-state index in [9.17, 15) is 22.4 Å². The Hall–Kier alpha value is -3.14. The molecule has 0 aliphatic carbocycles. The Morgan fingerprint density at radius 2 is 1.72 bits per heavy atom. The second kappa shape index (κ2) is 13.2. The molecule has 0 heterocycles. The number of rotatable bonds is 13. The lowest BCUT2D eigenvalue weighted by Gasteiger charge is -2.30. The Balaban J connectivity index is 2.18. The van der Waals surface area contributed by atoms with Crippen LogP contribution < -0.4 is 14.4 Å². The molecule has 1 N–H and O–H groups in total. The number of nitrogens with zero attached hydrogens (tertiary/aromatic N) is 2. The maximum atomic E-state index is 14.4. The number of halogens is 1. The number of hydrogen-bond donors (Lipinski definition) is 1. The van der Waals surface area contributed by atoms with Crippen molar-refractivity contribution < 1.29 is 27.1 Å². The standard InChI is InChI=1S/C26H36FN3O5S/c1-6-19(2)28-26(32)20(3)29(18-21-10-7-8-11-24(21)27)25(31)12-9-17-30(36(5,33)34)22-13-15-23(35-4)16-14-22/h7-8,10-11,13-16,19-20H,6,9,12,17-18H2,1-5H3,(H,28,32)/t19-,20-/m0/s1. The van der Waals surface area contributed by atoms with Crippen LogP contribution in [0.3, 0.4) is 0 Å². The number of amides is 2. The lowest BCUT2D eigenvalue weighted by Crippen LogP contribution is -2.49. The number of anilines is 1. The van der Waals surface area contributed by atoms with Gasteiger partial charge in [0.25, 0.3) is 0 Å². The van der Waals surface area contributed by atoms with Crippen LogP contribution in [0.2, 0.25) is 0 Å². The monoisotopic (exact) mass is 521 g/mol. The van der Waals surface area contributed by atoms with Crippen LogP contribution in [-0.4, -0.2) is 57.1 Å². The Morgan fingerprint density at radius 3 is 2.28 bits per heavy atom. The van der Waals surface area contributed by atoms with E-state index >= 15 is 0 Å². The maximum absolute atomic E-state index is 14.4.